The average molecular weight is 88.1 g/mol. The van der Waals surface area contributed by atoms with Crippen molar-refractivity contribution in [2.75, 3.05) is 0 Å². The molecule has 1 N–H and O–H groups in total. The Bertz CT molecular complexity index is 14.4. The van der Waals surface area contributed by atoms with E-state index in [0.29, 0.717) is 0 Å². The van der Waals surface area contributed by atoms with Crippen molar-refractivity contribution in [3.8, 4) is 0 Å². The van der Waals surface area contributed by atoms with Gasteiger partial charge in [0.25, 0.3) is 0 Å². The molecule has 0 fully saturated rings. The van der Waals surface area contributed by atoms with Crippen molar-refractivity contribution in [3.63, 3.8) is 0 Å². The van der Waals surface area contributed by atoms with Crippen LogP contribution in [0.4, 0.5) is 0 Å². The van der Waals surface area contributed by atoms with Crippen LogP contribution in [0, 0.1) is 0 Å². The molecule has 2 heteroatoms. The molecule has 0 saturated carbocycles. The Morgan fingerprint density at radius 1 is 1.80 bits per heavy atom. The third-order valence-corrected chi connectivity index (χ3v) is 1.54. The van der Waals surface area contributed by atoms with Gasteiger partial charge in [-0.3, -0.25) is 0 Å². The zero-order valence-corrected chi connectivity index (χ0v) is 4.98. The average Bonchev–Trinajstić information content (AvgIpc) is 1.41. The Morgan fingerprint density at radius 3 is 2.40 bits per heavy atom. The number of hydrogen-bond acceptors (Lipinski definition) is 1. The summed E-state index contributed by atoms with van der Waals surface area (Å²) in [6.07, 6.45) is 1.16. The summed E-state index contributed by atoms with van der Waals surface area (Å²) in [7, 11) is 0. The highest BCUT2D eigenvalue weighted by atomic mass is 27.1. The zero-order valence-electron chi connectivity index (χ0n) is 3.57. The van der Waals surface area contributed by atoms with Crippen LogP contribution in [-0.2, 0) is 0 Å². The fourth-order valence-corrected chi connectivity index (χ4v) is 0.474. The molecule has 0 amide bonds. The summed E-state index contributed by atoms with van der Waals surface area (Å²) in [5, 5.41) is 1.08. The van der Waals surface area contributed by atoms with Crippen molar-refractivity contribution in [1.82, 2.24) is 0 Å². The molecule has 0 unspecified atom stereocenters. The van der Waals surface area contributed by atoms with Crippen LogP contribution in [0.15, 0.2) is 0 Å². The van der Waals surface area contributed by atoms with Crippen molar-refractivity contribution >= 4 is 15.6 Å². The van der Waals surface area contributed by atoms with E-state index in [-0.39, 0.29) is 0 Å². The monoisotopic (exact) mass is 88.0 g/mol. The lowest BCUT2D eigenvalue weighted by atomic mass is 10.6. The van der Waals surface area contributed by atoms with Crippen molar-refractivity contribution in [2.24, 2.45) is 0 Å². The molecule has 0 aromatic heterocycles. The quantitative estimate of drug-likeness (QED) is 0.477. The van der Waals surface area contributed by atoms with E-state index in [4.69, 9.17) is 4.16 Å². The molecular weight excluding hydrogens is 79.0 g/mol. The van der Waals surface area contributed by atoms with Crippen LogP contribution in [0.3, 0.4) is 0 Å². The van der Waals surface area contributed by atoms with E-state index in [1.54, 1.807) is 0 Å². The summed E-state index contributed by atoms with van der Waals surface area (Å²) < 4.78 is 8.21. The van der Waals surface area contributed by atoms with Gasteiger partial charge in [0.05, 0.1) is 0 Å². The largest absolute Gasteiger partial charge is 0.518 e. The Hall–Kier alpha value is 0.492. The minimum absolute atomic E-state index is 0.586. The molecule has 0 aromatic rings. The first-order chi connectivity index (χ1) is 2.41. The number of hydrogen-bond donors (Lipinski definition) is 1. The van der Waals surface area contributed by atoms with Crippen molar-refractivity contribution < 1.29 is 4.16 Å². The first kappa shape index (κ1) is 5.49. The highest BCUT2D eigenvalue weighted by Gasteiger charge is 1.79. The van der Waals surface area contributed by atoms with Crippen molar-refractivity contribution in [1.29, 1.82) is 0 Å². The molecule has 0 bridgehead atoms. The van der Waals surface area contributed by atoms with Gasteiger partial charge in [-0.05, 0) is 0 Å². The van der Waals surface area contributed by atoms with Gasteiger partial charge in [0.2, 0.25) is 0 Å². The predicted molar refractivity (Wildman–Crippen MR) is 24.5 cm³/mol. The Balaban J connectivity index is 2.19. The lowest BCUT2D eigenvalue weighted by Gasteiger charge is -1.74. The molecule has 1 nitrogen and oxygen atoms in total. The zero-order chi connectivity index (χ0) is 4.12. The Kier molecular flexibility index (Phi) is 4.93. The Morgan fingerprint density at radius 2 is 2.40 bits per heavy atom. The highest BCUT2D eigenvalue weighted by molar-refractivity contribution is 6.25. The van der Waals surface area contributed by atoms with E-state index in [2.05, 4.69) is 6.92 Å². The standard InChI is InChI=1S/C3H7.Al.H2O.H/c1-3-2;;;/h1,3H2,2H3;;1H2;/q;+1;;/p-1. The van der Waals surface area contributed by atoms with Gasteiger partial charge in [0.15, 0.2) is 0 Å². The molecule has 0 aliphatic rings. The summed E-state index contributed by atoms with van der Waals surface area (Å²) in [6.45, 7) is 2.09. The molecule has 0 rings (SSSR count). The van der Waals surface area contributed by atoms with E-state index < -0.39 is 15.6 Å². The third kappa shape index (κ3) is 4.49. The maximum absolute atomic E-state index is 8.21. The maximum atomic E-state index is 8.21. The second-order valence-electron chi connectivity index (χ2n) is 1.08. The van der Waals surface area contributed by atoms with Crippen LogP contribution in [-0.4, -0.2) is 19.7 Å². The van der Waals surface area contributed by atoms with Crippen molar-refractivity contribution in [2.45, 2.75) is 18.6 Å². The molecule has 0 radical (unpaired) electrons. The van der Waals surface area contributed by atoms with Crippen molar-refractivity contribution in [3.05, 3.63) is 0 Å². The molecule has 0 heterocycles. The highest BCUT2D eigenvalue weighted by Crippen LogP contribution is 1.78. The molecule has 0 aromatic carbocycles. The van der Waals surface area contributed by atoms with E-state index in [9.17, 15) is 0 Å². The maximum Gasteiger partial charge on any atom is 0.432 e. The van der Waals surface area contributed by atoms with Crippen LogP contribution in [0.2, 0.25) is 5.28 Å². The van der Waals surface area contributed by atoms with Gasteiger partial charge in [-0.1, -0.05) is 18.6 Å². The molecular formula is C3H9AlO. The van der Waals surface area contributed by atoms with E-state index in [0.717, 1.165) is 11.7 Å². The second-order valence-corrected chi connectivity index (χ2v) is 2.23. The molecule has 0 spiro atoms. The molecule has 0 atom stereocenters. The Labute approximate surface area is 39.1 Å². The lowest BCUT2D eigenvalue weighted by molar-refractivity contribution is 0.598. The summed E-state index contributed by atoms with van der Waals surface area (Å²) in [5.74, 6) is 0. The molecule has 0 saturated heterocycles. The van der Waals surface area contributed by atoms with E-state index in [1.165, 1.54) is 0 Å². The topological polar surface area (TPSA) is 20.2 Å². The van der Waals surface area contributed by atoms with E-state index >= 15 is 0 Å². The van der Waals surface area contributed by atoms with Gasteiger partial charge in [0, 0.05) is 0 Å². The summed E-state index contributed by atoms with van der Waals surface area (Å²) in [6, 6.07) is 0. The van der Waals surface area contributed by atoms with Gasteiger partial charge in [0.1, 0.15) is 0 Å². The van der Waals surface area contributed by atoms with Crippen LogP contribution in [0.1, 0.15) is 13.3 Å². The summed E-state index contributed by atoms with van der Waals surface area (Å²) in [5.41, 5.74) is 0. The molecule has 5 heavy (non-hydrogen) atoms. The SMILES string of the molecule is CC[CH2][AlH][OH]. The van der Waals surface area contributed by atoms with Crippen LogP contribution >= 0.6 is 0 Å². The van der Waals surface area contributed by atoms with Gasteiger partial charge < -0.3 is 4.16 Å². The fraction of sp³-hybridized carbons (Fsp3) is 1.00. The predicted octanol–water partition coefficient (Wildman–Crippen LogP) is 0.158. The van der Waals surface area contributed by atoms with Crippen LogP contribution in [0.5, 0.6) is 0 Å². The summed E-state index contributed by atoms with van der Waals surface area (Å²) >= 11 is -0.586. The summed E-state index contributed by atoms with van der Waals surface area (Å²) in [4.78, 5) is 0. The van der Waals surface area contributed by atoms with Crippen LogP contribution in [0.25, 0.3) is 0 Å². The smallest absolute Gasteiger partial charge is 0.432 e. The minimum atomic E-state index is -0.586. The first-order valence-corrected chi connectivity index (χ1v) is 3.66. The first-order valence-electron chi connectivity index (χ1n) is 2.02. The van der Waals surface area contributed by atoms with Gasteiger partial charge in [-0.2, -0.15) is 0 Å². The van der Waals surface area contributed by atoms with E-state index in [1.807, 2.05) is 0 Å². The number of rotatable bonds is 2. The van der Waals surface area contributed by atoms with Gasteiger partial charge in [-0.25, -0.2) is 0 Å². The lowest BCUT2D eigenvalue weighted by Crippen LogP contribution is -1.80. The second kappa shape index (κ2) is 4.49. The molecule has 0 aliphatic heterocycles. The normalized spacial score (nSPS) is 7.60. The van der Waals surface area contributed by atoms with Crippen LogP contribution < -0.4 is 0 Å². The molecule has 0 aliphatic carbocycles. The minimum Gasteiger partial charge on any atom is -0.518 e. The van der Waals surface area contributed by atoms with Gasteiger partial charge in [-0.15, -0.1) is 0 Å². The molecule has 30 valence electrons. The third-order valence-electron chi connectivity index (χ3n) is 0.512. The van der Waals surface area contributed by atoms with Gasteiger partial charge >= 0.3 is 15.6 Å². The fourth-order valence-electron chi connectivity index (χ4n) is 0.158.